The third-order valence-corrected chi connectivity index (χ3v) is 3.32. The summed E-state index contributed by atoms with van der Waals surface area (Å²) in [7, 11) is 0. The van der Waals surface area contributed by atoms with Crippen molar-refractivity contribution in [2.45, 2.75) is 25.9 Å². The highest BCUT2D eigenvalue weighted by Crippen LogP contribution is 2.23. The van der Waals surface area contributed by atoms with E-state index in [9.17, 15) is 4.79 Å². The van der Waals surface area contributed by atoms with E-state index in [1.54, 1.807) is 12.1 Å². The number of amides is 1. The topological polar surface area (TPSA) is 68.3 Å². The first-order valence-electron chi connectivity index (χ1n) is 6.28. The molecule has 3 N–H and O–H groups in total. The molecule has 2 rings (SSSR count). The van der Waals surface area contributed by atoms with E-state index in [4.69, 9.17) is 21.8 Å². The van der Waals surface area contributed by atoms with E-state index in [0.717, 1.165) is 5.56 Å². The average molecular weight is 329 g/mol. The average Bonchev–Trinajstić information content (AvgIpc) is 2.87. The van der Waals surface area contributed by atoms with Gasteiger partial charge in [-0.15, -0.1) is 12.4 Å². The molecule has 1 aromatic carbocycles. The highest BCUT2D eigenvalue weighted by atomic mass is 35.5. The minimum atomic E-state index is -0.540. The molecule has 0 aliphatic carbocycles. The van der Waals surface area contributed by atoms with Crippen LogP contribution in [0.2, 0.25) is 5.02 Å². The van der Waals surface area contributed by atoms with Gasteiger partial charge in [0.05, 0.1) is 17.6 Å². The Balaban J connectivity index is 0.00000220. The van der Waals surface area contributed by atoms with Crippen LogP contribution >= 0.6 is 24.0 Å². The van der Waals surface area contributed by atoms with Gasteiger partial charge in [0, 0.05) is 5.02 Å². The maximum atomic E-state index is 12.2. The number of nitrogens with two attached hydrogens (primary N) is 1. The predicted molar refractivity (Wildman–Crippen MR) is 85.8 cm³/mol. The monoisotopic (exact) mass is 328 g/mol. The van der Waals surface area contributed by atoms with Crippen molar-refractivity contribution in [2.24, 2.45) is 5.73 Å². The van der Waals surface area contributed by atoms with Gasteiger partial charge >= 0.3 is 0 Å². The molecule has 114 valence electrons. The molecule has 0 saturated heterocycles. The van der Waals surface area contributed by atoms with Gasteiger partial charge in [-0.05, 0) is 37.6 Å². The van der Waals surface area contributed by atoms with Crippen LogP contribution in [-0.2, 0) is 12.1 Å². The second-order valence-corrected chi connectivity index (χ2v) is 5.53. The first-order valence-corrected chi connectivity index (χ1v) is 6.66. The highest BCUT2D eigenvalue weighted by Gasteiger charge is 2.24. The van der Waals surface area contributed by atoms with E-state index in [1.807, 2.05) is 32.0 Å². The van der Waals surface area contributed by atoms with Crippen molar-refractivity contribution in [1.29, 1.82) is 0 Å². The Hall–Kier alpha value is -1.49. The molecule has 0 radical (unpaired) electrons. The number of rotatable bonds is 4. The van der Waals surface area contributed by atoms with Crippen molar-refractivity contribution in [3.63, 3.8) is 0 Å². The summed E-state index contributed by atoms with van der Waals surface area (Å²) in [5.41, 5.74) is 6.31. The van der Waals surface area contributed by atoms with Gasteiger partial charge in [0.25, 0.3) is 5.91 Å². The number of halogens is 2. The van der Waals surface area contributed by atoms with Crippen LogP contribution in [-0.4, -0.2) is 5.91 Å². The van der Waals surface area contributed by atoms with E-state index >= 15 is 0 Å². The van der Waals surface area contributed by atoms with Crippen molar-refractivity contribution in [3.8, 4) is 0 Å². The molecule has 0 atom stereocenters. The zero-order valence-electron chi connectivity index (χ0n) is 11.9. The molecule has 0 spiro atoms. The van der Waals surface area contributed by atoms with E-state index in [1.165, 1.54) is 6.26 Å². The number of benzene rings is 1. The van der Waals surface area contributed by atoms with E-state index < -0.39 is 5.54 Å². The number of furan rings is 1. The van der Waals surface area contributed by atoms with Gasteiger partial charge in [0.2, 0.25) is 0 Å². The Morgan fingerprint density at radius 1 is 1.38 bits per heavy atom. The standard InChI is InChI=1S/C15H17ClN2O2.ClH/c1-15(2,11-4-3-5-12(16)7-11)18-14(19)10-6-13(8-17)20-9-10;/h3-7,9H,8,17H2,1-2H3,(H,18,19);1H. The first-order chi connectivity index (χ1) is 9.42. The molecule has 1 amide bonds. The third kappa shape index (κ3) is 4.24. The Morgan fingerprint density at radius 3 is 2.67 bits per heavy atom. The summed E-state index contributed by atoms with van der Waals surface area (Å²) >= 11 is 5.98. The van der Waals surface area contributed by atoms with Crippen molar-refractivity contribution < 1.29 is 9.21 Å². The molecule has 0 fully saturated rings. The van der Waals surface area contributed by atoms with Crippen molar-refractivity contribution >= 4 is 29.9 Å². The Morgan fingerprint density at radius 2 is 2.10 bits per heavy atom. The van der Waals surface area contributed by atoms with E-state index in [0.29, 0.717) is 16.3 Å². The number of carbonyl (C=O) groups excluding carboxylic acids is 1. The lowest BCUT2D eigenvalue weighted by Crippen LogP contribution is -2.40. The van der Waals surface area contributed by atoms with Gasteiger partial charge < -0.3 is 15.5 Å². The van der Waals surface area contributed by atoms with Crippen molar-refractivity contribution in [2.75, 3.05) is 0 Å². The molecule has 21 heavy (non-hydrogen) atoms. The number of hydrogen-bond donors (Lipinski definition) is 2. The lowest BCUT2D eigenvalue weighted by Gasteiger charge is -2.26. The van der Waals surface area contributed by atoms with E-state index in [2.05, 4.69) is 5.32 Å². The second-order valence-electron chi connectivity index (χ2n) is 5.10. The van der Waals surface area contributed by atoms with Crippen LogP contribution in [0.1, 0.15) is 35.5 Å². The molecule has 0 aliphatic heterocycles. The van der Waals surface area contributed by atoms with E-state index in [-0.39, 0.29) is 24.9 Å². The van der Waals surface area contributed by atoms with Gasteiger partial charge in [-0.2, -0.15) is 0 Å². The minimum Gasteiger partial charge on any atom is -0.467 e. The van der Waals surface area contributed by atoms with Gasteiger partial charge in [0.1, 0.15) is 12.0 Å². The van der Waals surface area contributed by atoms with Crippen LogP contribution in [0.4, 0.5) is 0 Å². The van der Waals surface area contributed by atoms with Gasteiger partial charge in [-0.3, -0.25) is 4.79 Å². The summed E-state index contributed by atoms with van der Waals surface area (Å²) in [4.78, 5) is 12.2. The smallest absolute Gasteiger partial charge is 0.255 e. The maximum Gasteiger partial charge on any atom is 0.255 e. The zero-order chi connectivity index (χ0) is 14.8. The molecule has 4 nitrogen and oxygen atoms in total. The molecule has 0 unspecified atom stereocenters. The van der Waals surface area contributed by atoms with Crippen LogP contribution < -0.4 is 11.1 Å². The summed E-state index contributed by atoms with van der Waals surface area (Å²) in [5, 5.41) is 3.59. The van der Waals surface area contributed by atoms with Gasteiger partial charge in [-0.1, -0.05) is 23.7 Å². The summed E-state index contributed by atoms with van der Waals surface area (Å²) in [6, 6.07) is 9.06. The van der Waals surface area contributed by atoms with Crippen molar-refractivity contribution in [3.05, 3.63) is 58.5 Å². The summed E-state index contributed by atoms with van der Waals surface area (Å²) in [6.07, 6.45) is 1.41. The molecule has 0 saturated carbocycles. The van der Waals surface area contributed by atoms with Crippen LogP contribution in [0, 0.1) is 0 Å². The van der Waals surface area contributed by atoms with Crippen LogP contribution in [0.15, 0.2) is 41.0 Å². The molecule has 6 heteroatoms. The number of nitrogens with one attached hydrogen (secondary N) is 1. The molecule has 1 aromatic heterocycles. The predicted octanol–water partition coefficient (Wildman–Crippen LogP) is 3.48. The van der Waals surface area contributed by atoms with Crippen LogP contribution in [0.25, 0.3) is 0 Å². The molecule has 0 aliphatic rings. The lowest BCUT2D eigenvalue weighted by atomic mass is 9.94. The summed E-state index contributed by atoms with van der Waals surface area (Å²) in [5.74, 6) is 0.370. The summed E-state index contributed by atoms with van der Waals surface area (Å²) in [6.45, 7) is 4.10. The second kappa shape index (κ2) is 6.98. The third-order valence-electron chi connectivity index (χ3n) is 3.09. The first kappa shape index (κ1) is 17.6. The molecular formula is C15H18Cl2N2O2. The Kier molecular flexibility index (Phi) is 5.84. The summed E-state index contributed by atoms with van der Waals surface area (Å²) < 4.78 is 5.17. The SMILES string of the molecule is CC(C)(NC(=O)c1coc(CN)c1)c1cccc(Cl)c1.Cl. The Labute approximate surface area is 135 Å². The molecule has 1 heterocycles. The van der Waals surface area contributed by atoms with Gasteiger partial charge in [-0.25, -0.2) is 0 Å². The van der Waals surface area contributed by atoms with Crippen LogP contribution in [0.3, 0.4) is 0 Å². The highest BCUT2D eigenvalue weighted by molar-refractivity contribution is 6.30. The van der Waals surface area contributed by atoms with Crippen LogP contribution in [0.5, 0.6) is 0 Å². The normalized spacial score (nSPS) is 10.9. The fraction of sp³-hybridized carbons (Fsp3) is 0.267. The molecule has 0 bridgehead atoms. The number of hydrogen-bond acceptors (Lipinski definition) is 3. The maximum absolute atomic E-state index is 12.2. The lowest BCUT2D eigenvalue weighted by molar-refractivity contribution is 0.0911. The molecule has 2 aromatic rings. The zero-order valence-corrected chi connectivity index (χ0v) is 13.4. The largest absolute Gasteiger partial charge is 0.467 e. The van der Waals surface area contributed by atoms with Crippen molar-refractivity contribution in [1.82, 2.24) is 5.32 Å². The molecular weight excluding hydrogens is 311 g/mol. The minimum absolute atomic E-state index is 0. The Bertz CT molecular complexity index is 624. The fourth-order valence-electron chi connectivity index (χ4n) is 1.91. The number of carbonyl (C=O) groups is 1. The fourth-order valence-corrected chi connectivity index (χ4v) is 2.10. The quantitative estimate of drug-likeness (QED) is 0.902. The van der Waals surface area contributed by atoms with Gasteiger partial charge in [0.15, 0.2) is 0 Å².